The molecule has 0 aliphatic carbocycles. The van der Waals surface area contributed by atoms with E-state index < -0.39 is 0 Å². The van der Waals surface area contributed by atoms with E-state index >= 15 is 0 Å². The lowest BCUT2D eigenvalue weighted by Crippen LogP contribution is -2.07. The normalized spacial score (nSPS) is 10.4. The Morgan fingerprint density at radius 3 is 2.72 bits per heavy atom. The number of rotatable bonds is 4. The average Bonchev–Trinajstić information content (AvgIpc) is 2.34. The summed E-state index contributed by atoms with van der Waals surface area (Å²) in [6.45, 7) is 3.02. The maximum absolute atomic E-state index is 4.33. The number of anilines is 1. The second-order valence-corrected chi connectivity index (χ2v) is 5.86. The van der Waals surface area contributed by atoms with E-state index in [0.717, 1.165) is 27.7 Å². The van der Waals surface area contributed by atoms with Crippen molar-refractivity contribution in [1.29, 1.82) is 0 Å². The molecule has 2 rings (SSSR count). The Balaban J connectivity index is 1.95. The zero-order valence-corrected chi connectivity index (χ0v) is 13.3. The second-order valence-electron chi connectivity index (χ2n) is 4.09. The number of aromatic nitrogens is 1. The van der Waals surface area contributed by atoms with Crippen molar-refractivity contribution in [3.8, 4) is 0 Å². The molecule has 0 spiro atoms. The molecule has 0 amide bonds. The summed E-state index contributed by atoms with van der Waals surface area (Å²) in [5.74, 6) is 0.881. The molecule has 0 saturated carbocycles. The average molecular weight is 370 g/mol. The Morgan fingerprint density at radius 2 is 2.00 bits per heavy atom. The first kappa shape index (κ1) is 13.6. The van der Waals surface area contributed by atoms with Crippen molar-refractivity contribution in [1.82, 2.24) is 4.98 Å². The highest BCUT2D eigenvalue weighted by Crippen LogP contribution is 2.23. The zero-order chi connectivity index (χ0) is 13.0. The molecule has 0 aliphatic rings. The van der Waals surface area contributed by atoms with E-state index in [1.54, 1.807) is 6.20 Å². The van der Waals surface area contributed by atoms with Crippen molar-refractivity contribution >= 4 is 37.7 Å². The Morgan fingerprint density at radius 1 is 1.22 bits per heavy atom. The molecule has 2 nitrogen and oxygen atoms in total. The number of hydrogen-bond donors (Lipinski definition) is 1. The fraction of sp³-hybridized carbons (Fsp3) is 0.214. The molecule has 0 aliphatic heterocycles. The van der Waals surface area contributed by atoms with E-state index in [0.29, 0.717) is 0 Å². The van der Waals surface area contributed by atoms with Gasteiger partial charge in [0.15, 0.2) is 0 Å². The molecule has 1 aromatic heterocycles. The van der Waals surface area contributed by atoms with Gasteiger partial charge in [-0.25, -0.2) is 4.98 Å². The van der Waals surface area contributed by atoms with Gasteiger partial charge in [-0.3, -0.25) is 0 Å². The van der Waals surface area contributed by atoms with E-state index in [1.807, 2.05) is 6.07 Å². The number of nitrogens with one attached hydrogen (secondary N) is 1. The van der Waals surface area contributed by atoms with Crippen LogP contribution in [0.4, 0.5) is 5.82 Å². The van der Waals surface area contributed by atoms with E-state index in [-0.39, 0.29) is 0 Å². The van der Waals surface area contributed by atoms with Crippen LogP contribution in [0, 0.1) is 6.92 Å². The molecule has 18 heavy (non-hydrogen) atoms. The smallest absolute Gasteiger partial charge is 0.140 e. The second kappa shape index (κ2) is 6.34. The van der Waals surface area contributed by atoms with Crippen LogP contribution in [-0.2, 0) is 6.42 Å². The number of aryl methyl sites for hydroxylation is 1. The molecule has 1 aromatic carbocycles. The topological polar surface area (TPSA) is 24.9 Å². The first-order valence-electron chi connectivity index (χ1n) is 5.76. The summed E-state index contributed by atoms with van der Waals surface area (Å²) in [7, 11) is 0. The minimum atomic E-state index is 0.873. The van der Waals surface area contributed by atoms with Crippen LogP contribution in [0.2, 0.25) is 0 Å². The van der Waals surface area contributed by atoms with Gasteiger partial charge in [0.1, 0.15) is 5.82 Å². The van der Waals surface area contributed by atoms with Gasteiger partial charge in [-0.1, -0.05) is 24.3 Å². The summed E-state index contributed by atoms with van der Waals surface area (Å²) in [5, 5.41) is 3.34. The van der Waals surface area contributed by atoms with Crippen LogP contribution < -0.4 is 5.32 Å². The molecule has 0 unspecified atom stereocenters. The van der Waals surface area contributed by atoms with E-state index in [4.69, 9.17) is 0 Å². The highest BCUT2D eigenvalue weighted by atomic mass is 79.9. The summed E-state index contributed by atoms with van der Waals surface area (Å²) in [6.07, 6.45) is 2.79. The highest BCUT2D eigenvalue weighted by molar-refractivity contribution is 9.11. The Bertz CT molecular complexity index is 541. The van der Waals surface area contributed by atoms with E-state index in [1.165, 1.54) is 11.1 Å². The lowest BCUT2D eigenvalue weighted by Gasteiger charge is -2.09. The summed E-state index contributed by atoms with van der Waals surface area (Å²) in [6, 6.07) is 10.4. The minimum Gasteiger partial charge on any atom is -0.369 e. The van der Waals surface area contributed by atoms with Crippen molar-refractivity contribution in [2.24, 2.45) is 0 Å². The van der Waals surface area contributed by atoms with Crippen LogP contribution in [0.3, 0.4) is 0 Å². The molecule has 0 fully saturated rings. The van der Waals surface area contributed by atoms with E-state index in [9.17, 15) is 0 Å². The molecule has 0 bridgehead atoms. The number of halogens is 2. The largest absolute Gasteiger partial charge is 0.369 e. The summed E-state index contributed by atoms with van der Waals surface area (Å²) in [5.41, 5.74) is 2.71. The Hall–Kier alpha value is -0.870. The lowest BCUT2D eigenvalue weighted by atomic mass is 10.1. The minimum absolute atomic E-state index is 0.873. The molecule has 1 heterocycles. The predicted molar refractivity (Wildman–Crippen MR) is 83.0 cm³/mol. The number of benzene rings is 1. The van der Waals surface area contributed by atoms with Gasteiger partial charge in [-0.05, 0) is 62.4 Å². The third kappa shape index (κ3) is 3.56. The Labute approximate surface area is 124 Å². The van der Waals surface area contributed by atoms with Gasteiger partial charge in [0.2, 0.25) is 0 Å². The van der Waals surface area contributed by atoms with E-state index in [2.05, 4.69) is 73.3 Å². The van der Waals surface area contributed by atoms with Crippen molar-refractivity contribution in [3.05, 3.63) is 56.6 Å². The highest BCUT2D eigenvalue weighted by Gasteiger charge is 2.02. The summed E-state index contributed by atoms with van der Waals surface area (Å²) < 4.78 is 1.94. The van der Waals surface area contributed by atoms with Gasteiger partial charge < -0.3 is 5.32 Å². The van der Waals surface area contributed by atoms with Crippen LogP contribution in [0.5, 0.6) is 0 Å². The zero-order valence-electron chi connectivity index (χ0n) is 10.1. The first-order valence-corrected chi connectivity index (χ1v) is 7.35. The number of pyridine rings is 1. The molecular formula is C14H14Br2N2. The van der Waals surface area contributed by atoms with Crippen LogP contribution in [-0.4, -0.2) is 11.5 Å². The monoisotopic (exact) mass is 368 g/mol. The third-order valence-electron chi connectivity index (χ3n) is 2.76. The molecule has 0 saturated heterocycles. The molecule has 1 N–H and O–H groups in total. The van der Waals surface area contributed by atoms with Crippen LogP contribution in [0.1, 0.15) is 11.1 Å². The van der Waals surface area contributed by atoms with Crippen molar-refractivity contribution in [2.75, 3.05) is 11.9 Å². The van der Waals surface area contributed by atoms with Gasteiger partial charge in [-0.15, -0.1) is 0 Å². The van der Waals surface area contributed by atoms with Gasteiger partial charge in [-0.2, -0.15) is 0 Å². The fourth-order valence-corrected chi connectivity index (χ4v) is 2.88. The van der Waals surface area contributed by atoms with Crippen molar-refractivity contribution < 1.29 is 0 Å². The van der Waals surface area contributed by atoms with Gasteiger partial charge in [0.05, 0.1) is 4.47 Å². The Kier molecular flexibility index (Phi) is 4.78. The van der Waals surface area contributed by atoms with Crippen LogP contribution in [0.25, 0.3) is 0 Å². The third-order valence-corrected chi connectivity index (χ3v) is 3.79. The van der Waals surface area contributed by atoms with Gasteiger partial charge >= 0.3 is 0 Å². The number of nitrogens with zero attached hydrogens (tertiary/aromatic N) is 1. The van der Waals surface area contributed by atoms with Crippen LogP contribution in [0.15, 0.2) is 45.5 Å². The molecule has 94 valence electrons. The van der Waals surface area contributed by atoms with Crippen LogP contribution >= 0.6 is 31.9 Å². The maximum atomic E-state index is 4.33. The summed E-state index contributed by atoms with van der Waals surface area (Å²) >= 11 is 6.88. The van der Waals surface area contributed by atoms with Crippen molar-refractivity contribution in [2.45, 2.75) is 13.3 Å². The molecule has 0 radical (unpaired) electrons. The molecule has 2 aromatic rings. The standard InChI is InChI=1S/C14H14Br2N2/c1-10-4-2-3-5-11(10)6-7-17-14-13(16)8-12(15)9-18-14/h2-5,8-9H,6-7H2,1H3,(H,17,18). The summed E-state index contributed by atoms with van der Waals surface area (Å²) in [4.78, 5) is 4.33. The van der Waals surface area contributed by atoms with Gasteiger partial charge in [0, 0.05) is 17.2 Å². The first-order chi connectivity index (χ1) is 8.66. The van der Waals surface area contributed by atoms with Gasteiger partial charge in [0.25, 0.3) is 0 Å². The number of hydrogen-bond acceptors (Lipinski definition) is 2. The fourth-order valence-electron chi connectivity index (χ4n) is 1.75. The van der Waals surface area contributed by atoms with Crippen molar-refractivity contribution in [3.63, 3.8) is 0 Å². The maximum Gasteiger partial charge on any atom is 0.140 e. The molecule has 4 heteroatoms. The quantitative estimate of drug-likeness (QED) is 0.853. The SMILES string of the molecule is Cc1ccccc1CCNc1ncc(Br)cc1Br. The lowest BCUT2D eigenvalue weighted by molar-refractivity contribution is 0.991. The predicted octanol–water partition coefficient (Wildman–Crippen LogP) is 4.57. The molecular weight excluding hydrogens is 356 g/mol. The molecule has 0 atom stereocenters.